The quantitative estimate of drug-likeness (QED) is 0.873. The van der Waals surface area contributed by atoms with Crippen LogP contribution in [0.1, 0.15) is 54.6 Å². The molecule has 1 heterocycles. The topological polar surface area (TPSA) is 65.2 Å². The number of aromatic nitrogens is 1. The van der Waals surface area contributed by atoms with Crippen molar-refractivity contribution in [3.63, 3.8) is 0 Å². The van der Waals surface area contributed by atoms with Gasteiger partial charge in [-0.2, -0.15) is 0 Å². The van der Waals surface area contributed by atoms with Gasteiger partial charge in [-0.25, -0.2) is 0 Å². The van der Waals surface area contributed by atoms with Crippen molar-refractivity contribution < 1.29 is 9.59 Å². The standard InChI is InChI=1S/C16H25N3O2/c1-11(15(20)18-10-12-6-4-5-7-12)13-8-9-17-14(13)16(21)19(2)3/h8-9,11-12,17H,4-7,10H2,1-3H3,(H,18,20). The third-order valence-electron chi connectivity index (χ3n) is 4.30. The zero-order chi connectivity index (χ0) is 15.4. The van der Waals surface area contributed by atoms with Crippen molar-refractivity contribution in [1.29, 1.82) is 0 Å². The van der Waals surface area contributed by atoms with E-state index in [2.05, 4.69) is 10.3 Å². The van der Waals surface area contributed by atoms with Crippen LogP contribution < -0.4 is 5.32 Å². The fraction of sp³-hybridized carbons (Fsp3) is 0.625. The lowest BCUT2D eigenvalue weighted by Gasteiger charge is -2.17. The maximum Gasteiger partial charge on any atom is 0.270 e. The van der Waals surface area contributed by atoms with Crippen molar-refractivity contribution in [2.24, 2.45) is 5.92 Å². The number of nitrogens with one attached hydrogen (secondary N) is 2. The lowest BCUT2D eigenvalue weighted by molar-refractivity contribution is -0.122. The smallest absolute Gasteiger partial charge is 0.270 e. The Bertz CT molecular complexity index is 501. The number of carbonyl (C=O) groups is 2. The lowest BCUT2D eigenvalue weighted by atomic mass is 9.99. The van der Waals surface area contributed by atoms with Gasteiger partial charge in [-0.1, -0.05) is 12.8 Å². The van der Waals surface area contributed by atoms with E-state index >= 15 is 0 Å². The van der Waals surface area contributed by atoms with Crippen LogP contribution in [-0.2, 0) is 4.79 Å². The van der Waals surface area contributed by atoms with Crippen LogP contribution in [0, 0.1) is 5.92 Å². The molecule has 2 rings (SSSR count). The van der Waals surface area contributed by atoms with Gasteiger partial charge in [0.2, 0.25) is 5.91 Å². The van der Waals surface area contributed by atoms with E-state index in [4.69, 9.17) is 0 Å². The van der Waals surface area contributed by atoms with E-state index in [9.17, 15) is 9.59 Å². The number of hydrogen-bond donors (Lipinski definition) is 2. The van der Waals surface area contributed by atoms with Crippen LogP contribution in [0.4, 0.5) is 0 Å². The highest BCUT2D eigenvalue weighted by molar-refractivity contribution is 5.96. The van der Waals surface area contributed by atoms with Gasteiger partial charge >= 0.3 is 0 Å². The maximum absolute atomic E-state index is 12.3. The molecule has 1 atom stereocenters. The second kappa shape index (κ2) is 6.78. The molecule has 1 unspecified atom stereocenters. The van der Waals surface area contributed by atoms with Crippen LogP contribution in [0.3, 0.4) is 0 Å². The van der Waals surface area contributed by atoms with E-state index in [-0.39, 0.29) is 17.7 Å². The van der Waals surface area contributed by atoms with Gasteiger partial charge in [-0.15, -0.1) is 0 Å². The molecular weight excluding hydrogens is 266 g/mol. The highest BCUT2D eigenvalue weighted by atomic mass is 16.2. The highest BCUT2D eigenvalue weighted by Gasteiger charge is 2.24. The van der Waals surface area contributed by atoms with Gasteiger partial charge in [0.15, 0.2) is 0 Å². The van der Waals surface area contributed by atoms with Crippen molar-refractivity contribution in [1.82, 2.24) is 15.2 Å². The molecule has 1 aliphatic carbocycles. The Hall–Kier alpha value is -1.78. The molecule has 2 amide bonds. The first kappa shape index (κ1) is 15.6. The van der Waals surface area contributed by atoms with E-state index in [1.165, 1.54) is 30.6 Å². The largest absolute Gasteiger partial charge is 0.357 e. The summed E-state index contributed by atoms with van der Waals surface area (Å²) in [6.07, 6.45) is 6.68. The minimum atomic E-state index is -0.323. The molecule has 21 heavy (non-hydrogen) atoms. The summed E-state index contributed by atoms with van der Waals surface area (Å²) in [4.78, 5) is 28.8. The van der Waals surface area contributed by atoms with Crippen LogP contribution >= 0.6 is 0 Å². The van der Waals surface area contributed by atoms with Crippen molar-refractivity contribution in [2.45, 2.75) is 38.5 Å². The molecule has 0 aliphatic heterocycles. The Labute approximate surface area is 126 Å². The third-order valence-corrected chi connectivity index (χ3v) is 4.30. The van der Waals surface area contributed by atoms with Gasteiger partial charge < -0.3 is 15.2 Å². The molecule has 0 spiro atoms. The van der Waals surface area contributed by atoms with Gasteiger partial charge in [0.05, 0.1) is 5.92 Å². The Kier molecular flexibility index (Phi) is 5.04. The molecule has 1 saturated carbocycles. The Morgan fingerprint density at radius 3 is 2.67 bits per heavy atom. The maximum atomic E-state index is 12.3. The number of nitrogens with zero attached hydrogens (tertiary/aromatic N) is 1. The number of carbonyl (C=O) groups excluding carboxylic acids is 2. The first-order valence-corrected chi connectivity index (χ1v) is 7.67. The van der Waals surface area contributed by atoms with Crippen molar-refractivity contribution in [3.8, 4) is 0 Å². The highest BCUT2D eigenvalue weighted by Crippen LogP contribution is 2.24. The molecule has 1 aliphatic rings. The van der Waals surface area contributed by atoms with Crippen LogP contribution in [0.15, 0.2) is 12.3 Å². The first-order chi connectivity index (χ1) is 10.0. The molecular formula is C16H25N3O2. The van der Waals surface area contributed by atoms with Crippen molar-refractivity contribution in [3.05, 3.63) is 23.5 Å². The second-order valence-electron chi connectivity index (χ2n) is 6.12. The summed E-state index contributed by atoms with van der Waals surface area (Å²) in [5.41, 5.74) is 1.26. The van der Waals surface area contributed by atoms with Crippen molar-refractivity contribution >= 4 is 11.8 Å². The van der Waals surface area contributed by atoms with Crippen LogP contribution in [0.25, 0.3) is 0 Å². The van der Waals surface area contributed by atoms with Crippen LogP contribution in [-0.4, -0.2) is 42.3 Å². The summed E-state index contributed by atoms with van der Waals surface area (Å²) in [5.74, 6) is 0.187. The number of hydrogen-bond acceptors (Lipinski definition) is 2. The normalized spacial score (nSPS) is 16.7. The van der Waals surface area contributed by atoms with Gasteiger partial charge in [0, 0.05) is 26.8 Å². The predicted molar refractivity (Wildman–Crippen MR) is 82.2 cm³/mol. The van der Waals surface area contributed by atoms with E-state index in [1.54, 1.807) is 20.3 Å². The van der Waals surface area contributed by atoms with Gasteiger partial charge in [0.1, 0.15) is 5.69 Å². The Morgan fingerprint density at radius 2 is 2.05 bits per heavy atom. The van der Waals surface area contributed by atoms with E-state index < -0.39 is 0 Å². The summed E-state index contributed by atoms with van der Waals surface area (Å²) >= 11 is 0. The molecule has 1 aromatic rings. The fourth-order valence-corrected chi connectivity index (χ4v) is 2.90. The molecule has 5 heteroatoms. The molecule has 5 nitrogen and oxygen atoms in total. The summed E-state index contributed by atoms with van der Waals surface area (Å²) in [6.45, 7) is 2.60. The number of H-pyrrole nitrogens is 1. The summed E-state index contributed by atoms with van der Waals surface area (Å²) < 4.78 is 0. The van der Waals surface area contributed by atoms with Gasteiger partial charge in [-0.05, 0) is 37.3 Å². The number of amides is 2. The summed E-state index contributed by atoms with van der Waals surface area (Å²) in [7, 11) is 3.41. The average Bonchev–Trinajstić information content (AvgIpc) is 3.13. The molecule has 1 fully saturated rings. The molecule has 0 aromatic carbocycles. The zero-order valence-corrected chi connectivity index (χ0v) is 13.1. The Balaban J connectivity index is 1.98. The van der Waals surface area contributed by atoms with E-state index in [0.717, 1.165) is 12.1 Å². The van der Waals surface area contributed by atoms with Crippen molar-refractivity contribution in [2.75, 3.05) is 20.6 Å². The molecule has 2 N–H and O–H groups in total. The molecule has 116 valence electrons. The summed E-state index contributed by atoms with van der Waals surface area (Å²) in [5, 5.41) is 3.03. The average molecular weight is 291 g/mol. The predicted octanol–water partition coefficient (Wildman–Crippen LogP) is 2.13. The lowest BCUT2D eigenvalue weighted by Crippen LogP contribution is -2.33. The van der Waals surface area contributed by atoms with E-state index in [0.29, 0.717) is 11.6 Å². The summed E-state index contributed by atoms with van der Waals surface area (Å²) in [6, 6.07) is 1.82. The molecule has 0 saturated heterocycles. The minimum Gasteiger partial charge on any atom is -0.357 e. The fourth-order valence-electron chi connectivity index (χ4n) is 2.90. The van der Waals surface area contributed by atoms with Crippen LogP contribution in [0.5, 0.6) is 0 Å². The third kappa shape index (κ3) is 3.65. The number of aromatic amines is 1. The van der Waals surface area contributed by atoms with Gasteiger partial charge in [0.25, 0.3) is 5.91 Å². The zero-order valence-electron chi connectivity index (χ0n) is 13.1. The Morgan fingerprint density at radius 1 is 1.38 bits per heavy atom. The SMILES string of the molecule is CC(C(=O)NCC1CCCC1)c1cc[nH]c1C(=O)N(C)C. The first-order valence-electron chi connectivity index (χ1n) is 7.67. The number of rotatable bonds is 5. The molecule has 1 aromatic heterocycles. The van der Waals surface area contributed by atoms with Crippen LogP contribution in [0.2, 0.25) is 0 Å². The molecule has 0 radical (unpaired) electrons. The van der Waals surface area contributed by atoms with Gasteiger partial charge in [-0.3, -0.25) is 9.59 Å². The second-order valence-corrected chi connectivity index (χ2v) is 6.12. The molecule has 0 bridgehead atoms. The van der Waals surface area contributed by atoms with E-state index in [1.807, 2.05) is 13.0 Å². The minimum absolute atomic E-state index is 0.00527. The monoisotopic (exact) mass is 291 g/mol.